The average Bonchev–Trinajstić information content (AvgIpc) is 2.28. The first-order valence-corrected chi connectivity index (χ1v) is 5.41. The molecule has 16 heavy (non-hydrogen) atoms. The number of nitrogens with zero attached hydrogens (tertiary/aromatic N) is 2. The van der Waals surface area contributed by atoms with Gasteiger partial charge in [0.2, 0.25) is 0 Å². The van der Waals surface area contributed by atoms with Gasteiger partial charge < -0.3 is 5.32 Å². The molecule has 0 aliphatic heterocycles. The van der Waals surface area contributed by atoms with Gasteiger partial charge in [-0.2, -0.15) is 0 Å². The molecule has 0 saturated carbocycles. The van der Waals surface area contributed by atoms with E-state index < -0.39 is 0 Å². The van der Waals surface area contributed by atoms with Crippen molar-refractivity contribution in [3.8, 4) is 11.3 Å². The van der Waals surface area contributed by atoms with Gasteiger partial charge in [-0.15, -0.1) is 0 Å². The van der Waals surface area contributed by atoms with Crippen LogP contribution in [0.3, 0.4) is 0 Å². The predicted molar refractivity (Wildman–Crippen MR) is 67.0 cm³/mol. The van der Waals surface area contributed by atoms with Crippen LogP contribution in [0.5, 0.6) is 0 Å². The topological polar surface area (TPSA) is 37.8 Å². The summed E-state index contributed by atoms with van der Waals surface area (Å²) in [5.41, 5.74) is 1.65. The van der Waals surface area contributed by atoms with E-state index in [1.54, 1.807) is 13.1 Å². The molecule has 0 aliphatic rings. The Balaban J connectivity index is 2.49. The van der Waals surface area contributed by atoms with E-state index in [9.17, 15) is 0 Å². The van der Waals surface area contributed by atoms with Gasteiger partial charge in [0.25, 0.3) is 0 Å². The number of benzene rings is 1. The van der Waals surface area contributed by atoms with Gasteiger partial charge in [-0.1, -0.05) is 23.2 Å². The number of hydrogen-bond acceptors (Lipinski definition) is 3. The predicted octanol–water partition coefficient (Wildman–Crippen LogP) is 3.49. The molecule has 1 aromatic carbocycles. The average molecular weight is 254 g/mol. The number of aromatic nitrogens is 2. The molecule has 0 aliphatic carbocycles. The van der Waals surface area contributed by atoms with E-state index in [0.717, 1.165) is 17.1 Å². The molecule has 1 N–H and O–H groups in total. The number of rotatable bonds is 2. The lowest BCUT2D eigenvalue weighted by Gasteiger charge is -2.04. The van der Waals surface area contributed by atoms with Crippen LogP contribution in [0.15, 0.2) is 30.6 Å². The van der Waals surface area contributed by atoms with Crippen molar-refractivity contribution in [2.24, 2.45) is 0 Å². The van der Waals surface area contributed by atoms with Gasteiger partial charge in [0.05, 0.1) is 5.69 Å². The van der Waals surface area contributed by atoms with Gasteiger partial charge in [-0.3, -0.25) is 0 Å². The van der Waals surface area contributed by atoms with Crippen LogP contribution in [0.2, 0.25) is 10.0 Å². The van der Waals surface area contributed by atoms with Gasteiger partial charge in [-0.25, -0.2) is 9.97 Å². The van der Waals surface area contributed by atoms with Crippen molar-refractivity contribution in [3.05, 3.63) is 40.6 Å². The van der Waals surface area contributed by atoms with Crippen LogP contribution in [-0.2, 0) is 0 Å². The Labute approximate surface area is 103 Å². The minimum absolute atomic E-state index is 0.590. The molecule has 2 rings (SSSR count). The van der Waals surface area contributed by atoms with Gasteiger partial charge >= 0.3 is 0 Å². The molecule has 0 spiro atoms. The van der Waals surface area contributed by atoms with E-state index in [-0.39, 0.29) is 0 Å². The highest BCUT2D eigenvalue weighted by atomic mass is 35.5. The van der Waals surface area contributed by atoms with Crippen LogP contribution < -0.4 is 5.32 Å². The van der Waals surface area contributed by atoms with Crippen molar-refractivity contribution in [3.63, 3.8) is 0 Å². The van der Waals surface area contributed by atoms with Gasteiger partial charge in [-0.05, 0) is 18.2 Å². The van der Waals surface area contributed by atoms with Gasteiger partial charge in [0, 0.05) is 28.7 Å². The van der Waals surface area contributed by atoms with Gasteiger partial charge in [0.15, 0.2) is 0 Å². The standard InChI is InChI=1S/C11H9Cl2N3/c1-14-11-5-10(15-6-16-11)7-2-8(12)4-9(13)3-7/h2-6H,1H3,(H,14,15,16). The molecule has 0 amide bonds. The Morgan fingerprint density at radius 1 is 1.00 bits per heavy atom. The second kappa shape index (κ2) is 4.68. The molecule has 0 fully saturated rings. The minimum Gasteiger partial charge on any atom is -0.373 e. The Kier molecular flexibility index (Phi) is 3.27. The molecular formula is C11H9Cl2N3. The molecule has 0 saturated heterocycles. The zero-order chi connectivity index (χ0) is 11.5. The first kappa shape index (κ1) is 11.2. The first-order chi connectivity index (χ1) is 7.69. The molecule has 2 aromatic rings. The second-order valence-electron chi connectivity index (χ2n) is 3.20. The number of anilines is 1. The Morgan fingerprint density at radius 3 is 2.31 bits per heavy atom. The lowest BCUT2D eigenvalue weighted by atomic mass is 10.1. The summed E-state index contributed by atoms with van der Waals surface area (Å²) in [7, 11) is 1.80. The summed E-state index contributed by atoms with van der Waals surface area (Å²) in [6.07, 6.45) is 1.50. The van der Waals surface area contributed by atoms with E-state index >= 15 is 0 Å². The van der Waals surface area contributed by atoms with Crippen molar-refractivity contribution in [2.45, 2.75) is 0 Å². The monoisotopic (exact) mass is 253 g/mol. The molecular weight excluding hydrogens is 245 g/mol. The fourth-order valence-electron chi connectivity index (χ4n) is 1.35. The third-order valence-corrected chi connectivity index (χ3v) is 2.52. The first-order valence-electron chi connectivity index (χ1n) is 4.65. The van der Waals surface area contributed by atoms with Crippen LogP contribution in [0.4, 0.5) is 5.82 Å². The van der Waals surface area contributed by atoms with E-state index in [2.05, 4.69) is 15.3 Å². The van der Waals surface area contributed by atoms with Crippen LogP contribution >= 0.6 is 23.2 Å². The Hall–Kier alpha value is -1.32. The number of halogens is 2. The van der Waals surface area contributed by atoms with E-state index in [1.807, 2.05) is 18.2 Å². The summed E-state index contributed by atoms with van der Waals surface area (Å²) < 4.78 is 0. The van der Waals surface area contributed by atoms with Gasteiger partial charge in [0.1, 0.15) is 12.1 Å². The Bertz CT molecular complexity index is 494. The molecule has 5 heteroatoms. The zero-order valence-electron chi connectivity index (χ0n) is 8.54. The molecule has 1 aromatic heterocycles. The van der Waals surface area contributed by atoms with E-state index in [1.165, 1.54) is 6.33 Å². The molecule has 0 atom stereocenters. The fraction of sp³-hybridized carbons (Fsp3) is 0.0909. The summed E-state index contributed by atoms with van der Waals surface area (Å²) in [5, 5.41) is 4.13. The molecule has 3 nitrogen and oxygen atoms in total. The molecule has 82 valence electrons. The van der Waals surface area contributed by atoms with E-state index in [0.29, 0.717) is 10.0 Å². The van der Waals surface area contributed by atoms with Crippen molar-refractivity contribution >= 4 is 29.0 Å². The van der Waals surface area contributed by atoms with Crippen LogP contribution in [0.1, 0.15) is 0 Å². The highest BCUT2D eigenvalue weighted by Gasteiger charge is 2.03. The lowest BCUT2D eigenvalue weighted by Crippen LogP contribution is -1.94. The van der Waals surface area contributed by atoms with Crippen molar-refractivity contribution in [1.82, 2.24) is 9.97 Å². The summed E-state index contributed by atoms with van der Waals surface area (Å²) in [6, 6.07) is 7.15. The molecule has 0 bridgehead atoms. The van der Waals surface area contributed by atoms with Crippen molar-refractivity contribution in [1.29, 1.82) is 0 Å². The normalized spacial score (nSPS) is 10.2. The van der Waals surface area contributed by atoms with E-state index in [4.69, 9.17) is 23.2 Å². The number of hydrogen-bond donors (Lipinski definition) is 1. The largest absolute Gasteiger partial charge is 0.373 e. The maximum absolute atomic E-state index is 5.93. The SMILES string of the molecule is CNc1cc(-c2cc(Cl)cc(Cl)c2)ncn1. The fourth-order valence-corrected chi connectivity index (χ4v) is 1.88. The second-order valence-corrected chi connectivity index (χ2v) is 4.07. The maximum atomic E-state index is 5.93. The third kappa shape index (κ3) is 2.43. The van der Waals surface area contributed by atoms with Crippen LogP contribution in [-0.4, -0.2) is 17.0 Å². The molecule has 0 radical (unpaired) electrons. The quantitative estimate of drug-likeness (QED) is 0.891. The summed E-state index contributed by atoms with van der Waals surface area (Å²) in [6.45, 7) is 0. The molecule has 0 unspecified atom stereocenters. The zero-order valence-corrected chi connectivity index (χ0v) is 10.0. The maximum Gasteiger partial charge on any atom is 0.129 e. The summed E-state index contributed by atoms with van der Waals surface area (Å²) in [4.78, 5) is 8.21. The van der Waals surface area contributed by atoms with Crippen LogP contribution in [0, 0.1) is 0 Å². The highest BCUT2D eigenvalue weighted by Crippen LogP contribution is 2.26. The smallest absolute Gasteiger partial charge is 0.129 e. The minimum atomic E-state index is 0.590. The highest BCUT2D eigenvalue weighted by molar-refractivity contribution is 6.35. The summed E-state index contributed by atoms with van der Waals surface area (Å²) in [5.74, 6) is 0.751. The number of nitrogens with one attached hydrogen (secondary N) is 1. The van der Waals surface area contributed by atoms with Crippen LogP contribution in [0.25, 0.3) is 11.3 Å². The Morgan fingerprint density at radius 2 is 1.69 bits per heavy atom. The third-order valence-electron chi connectivity index (χ3n) is 2.08. The molecule has 1 heterocycles. The summed E-state index contributed by atoms with van der Waals surface area (Å²) >= 11 is 11.9. The lowest BCUT2D eigenvalue weighted by molar-refractivity contribution is 1.16. The van der Waals surface area contributed by atoms with Crippen molar-refractivity contribution in [2.75, 3.05) is 12.4 Å². The van der Waals surface area contributed by atoms with Crippen molar-refractivity contribution < 1.29 is 0 Å².